The van der Waals surface area contributed by atoms with E-state index in [9.17, 15) is 0 Å². The van der Waals surface area contributed by atoms with Crippen molar-refractivity contribution >= 4 is 82.1 Å². The molecular formula is C40H25NO. The van der Waals surface area contributed by atoms with E-state index in [-0.39, 0.29) is 0 Å². The van der Waals surface area contributed by atoms with Crippen LogP contribution >= 0.6 is 0 Å². The van der Waals surface area contributed by atoms with Gasteiger partial charge in [0, 0.05) is 33.6 Å². The number of para-hydroxylation sites is 2. The van der Waals surface area contributed by atoms with E-state index in [4.69, 9.17) is 4.42 Å². The van der Waals surface area contributed by atoms with Gasteiger partial charge in [-0.3, -0.25) is 0 Å². The summed E-state index contributed by atoms with van der Waals surface area (Å²) >= 11 is 0. The molecule has 2 heteroatoms. The van der Waals surface area contributed by atoms with Gasteiger partial charge >= 0.3 is 0 Å². The van der Waals surface area contributed by atoms with E-state index in [2.05, 4.69) is 144 Å². The van der Waals surface area contributed by atoms with E-state index in [1.165, 1.54) is 43.1 Å². The number of hydrogen-bond acceptors (Lipinski definition) is 2. The number of nitrogens with zero attached hydrogens (tertiary/aromatic N) is 1. The lowest BCUT2D eigenvalue weighted by molar-refractivity contribution is 0.669. The van der Waals surface area contributed by atoms with Crippen molar-refractivity contribution in [2.24, 2.45) is 0 Å². The lowest BCUT2D eigenvalue weighted by Crippen LogP contribution is -2.10. The standard InChI is InChI=1S/C40H25NO/c1-2-11-26(12-3-1)41(27-21-22-33-32-16-8-9-20-38(32)42-39(33)25-27)37-19-10-18-35-31(37)23-24-36-30-15-5-4-13-28(30)29-14-6-7-17-34(29)40(35)36/h1-25H. The molecular weight excluding hydrogens is 510 g/mol. The number of benzene rings is 8. The summed E-state index contributed by atoms with van der Waals surface area (Å²) in [5.74, 6) is 0. The Bertz CT molecular complexity index is 2440. The normalized spacial score (nSPS) is 11.8. The Labute approximate surface area is 242 Å². The Kier molecular flexibility index (Phi) is 4.93. The van der Waals surface area contributed by atoms with Crippen molar-refractivity contribution in [3.63, 3.8) is 0 Å². The fourth-order valence-corrected chi connectivity index (χ4v) is 6.80. The largest absolute Gasteiger partial charge is 0.456 e. The van der Waals surface area contributed by atoms with Gasteiger partial charge in [-0.15, -0.1) is 0 Å². The Morgan fingerprint density at radius 2 is 0.857 bits per heavy atom. The zero-order valence-corrected chi connectivity index (χ0v) is 22.8. The first-order valence-electron chi connectivity index (χ1n) is 14.4. The molecule has 0 bridgehead atoms. The van der Waals surface area contributed by atoms with Crippen LogP contribution in [0.1, 0.15) is 0 Å². The first-order chi connectivity index (χ1) is 20.8. The van der Waals surface area contributed by atoms with Crippen molar-refractivity contribution in [3.05, 3.63) is 152 Å². The van der Waals surface area contributed by atoms with E-state index in [0.29, 0.717) is 0 Å². The first-order valence-corrected chi connectivity index (χ1v) is 14.4. The summed E-state index contributed by atoms with van der Waals surface area (Å²) in [6.45, 7) is 0. The van der Waals surface area contributed by atoms with E-state index in [0.717, 1.165) is 39.0 Å². The number of anilines is 3. The maximum absolute atomic E-state index is 6.32. The number of hydrogen-bond donors (Lipinski definition) is 0. The molecule has 0 spiro atoms. The minimum atomic E-state index is 0.887. The van der Waals surface area contributed by atoms with Gasteiger partial charge in [0.25, 0.3) is 0 Å². The second kappa shape index (κ2) is 8.95. The molecule has 1 heterocycles. The molecule has 196 valence electrons. The van der Waals surface area contributed by atoms with Crippen LogP contribution in [0, 0.1) is 0 Å². The minimum Gasteiger partial charge on any atom is -0.456 e. The topological polar surface area (TPSA) is 16.4 Å². The van der Waals surface area contributed by atoms with E-state index in [1.54, 1.807) is 0 Å². The highest BCUT2D eigenvalue weighted by Gasteiger charge is 2.19. The summed E-state index contributed by atoms with van der Waals surface area (Å²) in [6.07, 6.45) is 0. The van der Waals surface area contributed by atoms with Gasteiger partial charge in [0.05, 0.1) is 5.69 Å². The van der Waals surface area contributed by atoms with Crippen molar-refractivity contribution < 1.29 is 4.42 Å². The SMILES string of the molecule is c1ccc(N(c2ccc3c(c2)oc2ccccc23)c2cccc3c2ccc2c4ccccc4c4ccccc4c32)cc1. The van der Waals surface area contributed by atoms with Crippen molar-refractivity contribution in [2.75, 3.05) is 4.90 Å². The third-order valence-corrected chi connectivity index (χ3v) is 8.62. The molecule has 1 aromatic heterocycles. The Hall–Kier alpha value is -5.60. The first kappa shape index (κ1) is 23.1. The van der Waals surface area contributed by atoms with Crippen molar-refractivity contribution in [2.45, 2.75) is 0 Å². The van der Waals surface area contributed by atoms with Crippen molar-refractivity contribution in [3.8, 4) is 0 Å². The molecule has 0 aliphatic rings. The van der Waals surface area contributed by atoms with Gasteiger partial charge in [0.1, 0.15) is 11.2 Å². The van der Waals surface area contributed by atoms with Crippen LogP contribution < -0.4 is 4.90 Å². The molecule has 9 aromatic rings. The van der Waals surface area contributed by atoms with Crippen LogP contribution in [0.3, 0.4) is 0 Å². The van der Waals surface area contributed by atoms with Crippen molar-refractivity contribution in [1.29, 1.82) is 0 Å². The zero-order chi connectivity index (χ0) is 27.6. The van der Waals surface area contributed by atoms with Gasteiger partial charge in [-0.2, -0.15) is 0 Å². The highest BCUT2D eigenvalue weighted by atomic mass is 16.3. The van der Waals surface area contributed by atoms with Crippen LogP contribution in [-0.4, -0.2) is 0 Å². The second-order valence-corrected chi connectivity index (χ2v) is 10.9. The Morgan fingerprint density at radius 1 is 0.333 bits per heavy atom. The quantitative estimate of drug-likeness (QED) is 0.209. The molecule has 0 N–H and O–H groups in total. The van der Waals surface area contributed by atoms with Gasteiger partial charge < -0.3 is 9.32 Å². The average molecular weight is 536 g/mol. The number of furan rings is 1. The molecule has 0 unspecified atom stereocenters. The fraction of sp³-hybridized carbons (Fsp3) is 0. The average Bonchev–Trinajstić information content (AvgIpc) is 3.43. The van der Waals surface area contributed by atoms with Gasteiger partial charge in [-0.1, -0.05) is 109 Å². The molecule has 0 saturated carbocycles. The molecule has 0 fully saturated rings. The predicted molar refractivity (Wildman–Crippen MR) is 178 cm³/mol. The van der Waals surface area contributed by atoms with Crippen LogP contribution in [0.15, 0.2) is 156 Å². The molecule has 9 rings (SSSR count). The smallest absolute Gasteiger partial charge is 0.137 e. The third kappa shape index (κ3) is 3.33. The van der Waals surface area contributed by atoms with Gasteiger partial charge in [0.2, 0.25) is 0 Å². The number of fused-ring (bicyclic) bond motifs is 11. The summed E-state index contributed by atoms with van der Waals surface area (Å²) in [4.78, 5) is 2.35. The number of rotatable bonds is 3. The highest BCUT2D eigenvalue weighted by Crippen LogP contribution is 2.45. The van der Waals surface area contributed by atoms with E-state index in [1.807, 2.05) is 12.1 Å². The predicted octanol–water partition coefficient (Wildman–Crippen LogP) is 11.7. The minimum absolute atomic E-state index is 0.887. The van der Waals surface area contributed by atoms with E-state index < -0.39 is 0 Å². The van der Waals surface area contributed by atoms with Gasteiger partial charge in [0.15, 0.2) is 0 Å². The maximum atomic E-state index is 6.32. The third-order valence-electron chi connectivity index (χ3n) is 8.62. The maximum Gasteiger partial charge on any atom is 0.137 e. The molecule has 42 heavy (non-hydrogen) atoms. The molecule has 0 saturated heterocycles. The molecule has 0 amide bonds. The summed E-state index contributed by atoms with van der Waals surface area (Å²) < 4.78 is 6.32. The van der Waals surface area contributed by atoms with Crippen LogP contribution in [0.5, 0.6) is 0 Å². The van der Waals surface area contributed by atoms with Crippen LogP contribution in [0.4, 0.5) is 17.1 Å². The van der Waals surface area contributed by atoms with Crippen molar-refractivity contribution in [1.82, 2.24) is 0 Å². The molecule has 0 aliphatic heterocycles. The molecule has 0 atom stereocenters. The fourth-order valence-electron chi connectivity index (χ4n) is 6.80. The molecule has 2 nitrogen and oxygen atoms in total. The lowest BCUT2D eigenvalue weighted by Gasteiger charge is -2.27. The Balaban J connectivity index is 1.36. The van der Waals surface area contributed by atoms with Crippen LogP contribution in [0.2, 0.25) is 0 Å². The second-order valence-electron chi connectivity index (χ2n) is 10.9. The molecule has 0 radical (unpaired) electrons. The van der Waals surface area contributed by atoms with Crippen LogP contribution in [0.25, 0.3) is 65.0 Å². The lowest BCUT2D eigenvalue weighted by atomic mass is 9.90. The highest BCUT2D eigenvalue weighted by molar-refractivity contribution is 6.32. The zero-order valence-electron chi connectivity index (χ0n) is 22.8. The molecule has 8 aromatic carbocycles. The summed E-state index contributed by atoms with van der Waals surface area (Å²) in [5, 5.41) is 12.4. The Morgan fingerprint density at radius 3 is 1.64 bits per heavy atom. The van der Waals surface area contributed by atoms with E-state index >= 15 is 0 Å². The summed E-state index contributed by atoms with van der Waals surface area (Å²) in [7, 11) is 0. The summed E-state index contributed by atoms with van der Waals surface area (Å²) in [5.41, 5.74) is 5.09. The monoisotopic (exact) mass is 535 g/mol. The van der Waals surface area contributed by atoms with Gasteiger partial charge in [-0.05, 0) is 74.1 Å². The molecule has 0 aliphatic carbocycles. The summed E-state index contributed by atoms with van der Waals surface area (Å²) in [6, 6.07) is 54.3. The van der Waals surface area contributed by atoms with Crippen LogP contribution in [-0.2, 0) is 0 Å². The van der Waals surface area contributed by atoms with Gasteiger partial charge in [-0.25, -0.2) is 0 Å².